The van der Waals surface area contributed by atoms with Gasteiger partial charge in [-0.3, -0.25) is 9.69 Å². The fraction of sp³-hybridized carbons (Fsp3) is 0.588. The quantitative estimate of drug-likeness (QED) is 0.894. The number of para-hydroxylation sites is 1. The molecule has 0 aromatic heterocycles. The lowest BCUT2D eigenvalue weighted by atomic mass is 10.1. The van der Waals surface area contributed by atoms with Crippen molar-refractivity contribution in [1.82, 2.24) is 10.2 Å². The summed E-state index contributed by atoms with van der Waals surface area (Å²) in [6.07, 6.45) is 3.47. The fourth-order valence-corrected chi connectivity index (χ4v) is 2.99. The second kappa shape index (κ2) is 7.57. The summed E-state index contributed by atoms with van der Waals surface area (Å²) in [5.41, 5.74) is 3.19. The van der Waals surface area contributed by atoms with E-state index in [1.807, 2.05) is 32.0 Å². The van der Waals surface area contributed by atoms with E-state index in [1.165, 1.54) is 12.8 Å². The van der Waals surface area contributed by atoms with Gasteiger partial charge >= 0.3 is 0 Å². The lowest BCUT2D eigenvalue weighted by Crippen LogP contribution is -2.38. The van der Waals surface area contributed by atoms with Crippen molar-refractivity contribution in [2.24, 2.45) is 0 Å². The van der Waals surface area contributed by atoms with E-state index < -0.39 is 0 Å². The minimum atomic E-state index is 0.0760. The molecule has 1 aromatic rings. The SMILES string of the molecule is Cc1cccc(C)c1NC(=O)CN(C)C1CCCNCC1. The number of nitrogens with zero attached hydrogens (tertiary/aromatic N) is 1. The smallest absolute Gasteiger partial charge is 0.238 e. The first-order valence-corrected chi connectivity index (χ1v) is 7.85. The number of carbonyl (C=O) groups is 1. The summed E-state index contributed by atoms with van der Waals surface area (Å²) in [5.74, 6) is 0.0760. The van der Waals surface area contributed by atoms with Gasteiger partial charge < -0.3 is 10.6 Å². The molecule has 1 unspecified atom stereocenters. The Morgan fingerprint density at radius 2 is 2.00 bits per heavy atom. The maximum atomic E-state index is 12.3. The van der Waals surface area contributed by atoms with Crippen LogP contribution in [0.2, 0.25) is 0 Å². The number of hydrogen-bond acceptors (Lipinski definition) is 3. The normalized spacial score (nSPS) is 19.3. The van der Waals surface area contributed by atoms with Crippen molar-refractivity contribution in [3.63, 3.8) is 0 Å². The van der Waals surface area contributed by atoms with Crippen molar-refractivity contribution in [3.8, 4) is 0 Å². The third-order valence-electron chi connectivity index (χ3n) is 4.31. The highest BCUT2D eigenvalue weighted by molar-refractivity contribution is 5.93. The van der Waals surface area contributed by atoms with Crippen LogP contribution >= 0.6 is 0 Å². The minimum Gasteiger partial charge on any atom is -0.324 e. The number of nitrogens with one attached hydrogen (secondary N) is 2. The number of carbonyl (C=O) groups excluding carboxylic acids is 1. The zero-order valence-corrected chi connectivity index (χ0v) is 13.4. The summed E-state index contributed by atoms with van der Waals surface area (Å²) < 4.78 is 0. The standard InChI is InChI=1S/C17H27N3O/c1-13-6-4-7-14(2)17(13)19-16(21)12-20(3)15-8-5-10-18-11-9-15/h4,6-7,15,18H,5,8-12H2,1-3H3,(H,19,21). The van der Waals surface area contributed by atoms with Crippen LogP contribution in [0.4, 0.5) is 5.69 Å². The van der Waals surface area contributed by atoms with Gasteiger partial charge in [-0.2, -0.15) is 0 Å². The largest absolute Gasteiger partial charge is 0.324 e. The van der Waals surface area contributed by atoms with Crippen LogP contribution in [0, 0.1) is 13.8 Å². The molecule has 1 atom stereocenters. The molecule has 1 amide bonds. The number of aryl methyl sites for hydroxylation is 2. The van der Waals surface area contributed by atoms with Crippen LogP contribution in [-0.4, -0.2) is 43.5 Å². The van der Waals surface area contributed by atoms with Gasteiger partial charge in [0.25, 0.3) is 0 Å². The van der Waals surface area contributed by atoms with Crippen molar-refractivity contribution in [3.05, 3.63) is 29.3 Å². The van der Waals surface area contributed by atoms with Gasteiger partial charge in [-0.25, -0.2) is 0 Å². The summed E-state index contributed by atoms with van der Waals surface area (Å²) in [5, 5.41) is 6.48. The van der Waals surface area contributed by atoms with Crippen molar-refractivity contribution >= 4 is 11.6 Å². The van der Waals surface area contributed by atoms with Crippen LogP contribution in [0.5, 0.6) is 0 Å². The van der Waals surface area contributed by atoms with Crippen LogP contribution in [-0.2, 0) is 4.79 Å². The first kappa shape index (κ1) is 16.0. The topological polar surface area (TPSA) is 44.4 Å². The molecule has 0 spiro atoms. The maximum absolute atomic E-state index is 12.3. The molecule has 4 heteroatoms. The Bertz CT molecular complexity index is 459. The molecular formula is C17H27N3O. The van der Waals surface area contributed by atoms with Gasteiger partial charge in [0, 0.05) is 11.7 Å². The molecule has 0 saturated carbocycles. The minimum absolute atomic E-state index is 0.0760. The molecule has 0 bridgehead atoms. The Morgan fingerprint density at radius 1 is 1.29 bits per heavy atom. The second-order valence-corrected chi connectivity index (χ2v) is 6.06. The number of anilines is 1. The Kier molecular flexibility index (Phi) is 5.76. The van der Waals surface area contributed by atoms with Crippen LogP contribution in [0.3, 0.4) is 0 Å². The van der Waals surface area contributed by atoms with Gasteiger partial charge in [0.05, 0.1) is 6.54 Å². The van der Waals surface area contributed by atoms with E-state index in [2.05, 4.69) is 22.6 Å². The summed E-state index contributed by atoms with van der Waals surface area (Å²) in [4.78, 5) is 14.5. The highest BCUT2D eigenvalue weighted by Gasteiger charge is 2.19. The number of amides is 1. The molecule has 1 aromatic carbocycles. The molecule has 116 valence electrons. The molecule has 2 rings (SSSR count). The van der Waals surface area contributed by atoms with Crippen LogP contribution in [0.25, 0.3) is 0 Å². The highest BCUT2D eigenvalue weighted by atomic mass is 16.2. The third kappa shape index (κ3) is 4.55. The van der Waals surface area contributed by atoms with Crippen LogP contribution in [0.15, 0.2) is 18.2 Å². The zero-order chi connectivity index (χ0) is 15.2. The molecule has 4 nitrogen and oxygen atoms in total. The summed E-state index contributed by atoms with van der Waals surface area (Å²) in [6.45, 7) is 6.66. The molecule has 0 radical (unpaired) electrons. The first-order chi connectivity index (χ1) is 10.1. The number of hydrogen-bond donors (Lipinski definition) is 2. The van der Waals surface area contributed by atoms with E-state index in [-0.39, 0.29) is 5.91 Å². The highest BCUT2D eigenvalue weighted by Crippen LogP contribution is 2.19. The number of benzene rings is 1. The van der Waals surface area contributed by atoms with Crippen LogP contribution < -0.4 is 10.6 Å². The van der Waals surface area contributed by atoms with E-state index in [9.17, 15) is 4.79 Å². The zero-order valence-electron chi connectivity index (χ0n) is 13.4. The first-order valence-electron chi connectivity index (χ1n) is 7.85. The maximum Gasteiger partial charge on any atom is 0.238 e. The van der Waals surface area contributed by atoms with E-state index in [0.29, 0.717) is 12.6 Å². The fourth-order valence-electron chi connectivity index (χ4n) is 2.99. The average Bonchev–Trinajstić information content (AvgIpc) is 2.72. The van der Waals surface area contributed by atoms with Crippen molar-refractivity contribution in [1.29, 1.82) is 0 Å². The van der Waals surface area contributed by atoms with Crippen LogP contribution in [0.1, 0.15) is 30.4 Å². The van der Waals surface area contributed by atoms with E-state index >= 15 is 0 Å². The Labute approximate surface area is 127 Å². The molecule has 2 N–H and O–H groups in total. The second-order valence-electron chi connectivity index (χ2n) is 6.06. The van der Waals surface area contributed by atoms with Crippen molar-refractivity contribution < 1.29 is 4.79 Å². The Morgan fingerprint density at radius 3 is 2.71 bits per heavy atom. The molecule has 1 aliphatic rings. The molecular weight excluding hydrogens is 262 g/mol. The van der Waals surface area contributed by atoms with Gasteiger partial charge in [-0.05, 0) is 64.4 Å². The molecule has 1 aliphatic heterocycles. The molecule has 1 heterocycles. The van der Waals surface area contributed by atoms with Gasteiger partial charge in [0.15, 0.2) is 0 Å². The van der Waals surface area contributed by atoms with E-state index in [4.69, 9.17) is 0 Å². The summed E-state index contributed by atoms with van der Waals surface area (Å²) in [7, 11) is 2.06. The monoisotopic (exact) mass is 289 g/mol. The predicted octanol–water partition coefficient (Wildman–Crippen LogP) is 2.32. The van der Waals surface area contributed by atoms with Crippen molar-refractivity contribution in [2.45, 2.75) is 39.2 Å². The van der Waals surface area contributed by atoms with Gasteiger partial charge in [0.2, 0.25) is 5.91 Å². The van der Waals surface area contributed by atoms with Gasteiger partial charge in [0.1, 0.15) is 0 Å². The van der Waals surface area contributed by atoms with E-state index in [0.717, 1.165) is 36.3 Å². The van der Waals surface area contributed by atoms with Crippen molar-refractivity contribution in [2.75, 3.05) is 32.0 Å². The Hall–Kier alpha value is -1.39. The number of rotatable bonds is 4. The summed E-state index contributed by atoms with van der Waals surface area (Å²) in [6, 6.07) is 6.58. The van der Waals surface area contributed by atoms with Gasteiger partial charge in [-0.15, -0.1) is 0 Å². The van der Waals surface area contributed by atoms with Gasteiger partial charge in [-0.1, -0.05) is 18.2 Å². The molecule has 1 fully saturated rings. The van der Waals surface area contributed by atoms with E-state index in [1.54, 1.807) is 0 Å². The predicted molar refractivity (Wildman–Crippen MR) is 87.7 cm³/mol. The molecule has 0 aliphatic carbocycles. The Balaban J connectivity index is 1.91. The summed E-state index contributed by atoms with van der Waals surface area (Å²) >= 11 is 0. The number of likely N-dealkylation sites (N-methyl/N-ethyl adjacent to an activating group) is 1. The third-order valence-corrected chi connectivity index (χ3v) is 4.31. The average molecular weight is 289 g/mol. The lowest BCUT2D eigenvalue weighted by Gasteiger charge is -2.26. The molecule has 1 saturated heterocycles. The molecule has 21 heavy (non-hydrogen) atoms. The lowest BCUT2D eigenvalue weighted by molar-refractivity contribution is -0.117.